The number of nitrogens with zero attached hydrogens (tertiary/aromatic N) is 2. The van der Waals surface area contributed by atoms with Gasteiger partial charge in [0.25, 0.3) is 0 Å². The van der Waals surface area contributed by atoms with E-state index in [1.165, 1.54) is 6.39 Å². The largest absolute Gasteiger partial charge is 0.451 e. The van der Waals surface area contributed by atoms with Crippen molar-refractivity contribution in [3.05, 3.63) is 47.7 Å². The molecule has 1 aliphatic rings. The van der Waals surface area contributed by atoms with Crippen molar-refractivity contribution in [2.45, 2.75) is 46.0 Å². The van der Waals surface area contributed by atoms with E-state index in [2.05, 4.69) is 10.3 Å². The third-order valence-electron chi connectivity index (χ3n) is 3.58. The van der Waals surface area contributed by atoms with Crippen LogP contribution in [0.3, 0.4) is 0 Å². The van der Waals surface area contributed by atoms with Crippen LogP contribution in [0.2, 0.25) is 0 Å². The molecule has 0 aliphatic carbocycles. The van der Waals surface area contributed by atoms with Gasteiger partial charge in [-0.05, 0) is 38.0 Å². The molecular formula is C17H21N3O3. The van der Waals surface area contributed by atoms with Crippen molar-refractivity contribution in [1.29, 1.82) is 0 Å². The second-order valence-electron chi connectivity index (χ2n) is 6.61. The molecule has 0 atom stereocenters. The van der Waals surface area contributed by atoms with Crippen LogP contribution in [0, 0.1) is 0 Å². The van der Waals surface area contributed by atoms with Crippen LogP contribution < -0.4 is 5.32 Å². The van der Waals surface area contributed by atoms with E-state index < -0.39 is 5.60 Å². The Bertz CT molecular complexity index is 690. The van der Waals surface area contributed by atoms with Gasteiger partial charge in [-0.1, -0.05) is 12.1 Å². The van der Waals surface area contributed by atoms with E-state index in [-0.39, 0.29) is 6.09 Å². The zero-order valence-electron chi connectivity index (χ0n) is 13.6. The average Bonchev–Trinajstić information content (AvgIpc) is 3.12. The van der Waals surface area contributed by atoms with Crippen LogP contribution in [0.5, 0.6) is 0 Å². The van der Waals surface area contributed by atoms with Crippen LogP contribution in [-0.2, 0) is 24.4 Å². The van der Waals surface area contributed by atoms with Crippen LogP contribution in [-0.4, -0.2) is 21.6 Å². The molecule has 6 nitrogen and oxygen atoms in total. The first-order chi connectivity index (χ1) is 10.9. The number of hydrogen-bond donors (Lipinski definition) is 1. The maximum absolute atomic E-state index is 12.2. The number of rotatable bonds is 3. The van der Waals surface area contributed by atoms with Crippen LogP contribution in [0.4, 0.5) is 10.5 Å². The van der Waals surface area contributed by atoms with Crippen LogP contribution in [0.15, 0.2) is 35.3 Å². The zero-order valence-corrected chi connectivity index (χ0v) is 13.6. The minimum absolute atomic E-state index is 0.281. The molecule has 3 rings (SSSR count). The van der Waals surface area contributed by atoms with E-state index in [1.54, 1.807) is 11.2 Å². The van der Waals surface area contributed by atoms with Gasteiger partial charge < -0.3 is 14.5 Å². The SMILES string of the molecule is CC(C)(C)OC(=O)N1Cc2cccc(NCc3cocn3)c2C1. The fraction of sp³-hybridized carbons (Fsp3) is 0.412. The summed E-state index contributed by atoms with van der Waals surface area (Å²) >= 11 is 0. The second-order valence-corrected chi connectivity index (χ2v) is 6.61. The van der Waals surface area contributed by atoms with Crippen molar-refractivity contribution in [3.8, 4) is 0 Å². The number of ether oxygens (including phenoxy) is 1. The Morgan fingerprint density at radius 3 is 2.91 bits per heavy atom. The van der Waals surface area contributed by atoms with Gasteiger partial charge in [0.15, 0.2) is 6.39 Å². The molecule has 6 heteroatoms. The summed E-state index contributed by atoms with van der Waals surface area (Å²) in [6, 6.07) is 6.04. The first kappa shape index (κ1) is 15.4. The third kappa shape index (κ3) is 3.64. The number of amides is 1. The summed E-state index contributed by atoms with van der Waals surface area (Å²) in [5, 5.41) is 3.35. The Morgan fingerprint density at radius 1 is 1.39 bits per heavy atom. The minimum Gasteiger partial charge on any atom is -0.451 e. The van der Waals surface area contributed by atoms with Crippen molar-refractivity contribution in [3.63, 3.8) is 0 Å². The highest BCUT2D eigenvalue weighted by Crippen LogP contribution is 2.30. The molecular weight excluding hydrogens is 294 g/mol. The van der Waals surface area contributed by atoms with Gasteiger partial charge in [0.05, 0.1) is 18.8 Å². The van der Waals surface area contributed by atoms with E-state index in [4.69, 9.17) is 9.15 Å². The lowest BCUT2D eigenvalue weighted by Gasteiger charge is -2.24. The average molecular weight is 315 g/mol. The van der Waals surface area contributed by atoms with Crippen LogP contribution in [0.25, 0.3) is 0 Å². The maximum atomic E-state index is 12.2. The summed E-state index contributed by atoms with van der Waals surface area (Å²) < 4.78 is 10.4. The molecule has 0 saturated carbocycles. The predicted octanol–water partition coefficient (Wildman–Crippen LogP) is 3.54. The highest BCUT2D eigenvalue weighted by molar-refractivity contribution is 5.71. The van der Waals surface area contributed by atoms with E-state index in [1.807, 2.05) is 39.0 Å². The molecule has 0 saturated heterocycles. The summed E-state index contributed by atoms with van der Waals surface area (Å²) in [7, 11) is 0. The molecule has 0 radical (unpaired) electrons. The topological polar surface area (TPSA) is 67.6 Å². The van der Waals surface area contributed by atoms with Crippen molar-refractivity contribution in [1.82, 2.24) is 9.88 Å². The Labute approximate surface area is 135 Å². The lowest BCUT2D eigenvalue weighted by Crippen LogP contribution is -2.33. The number of carbonyl (C=O) groups excluding carboxylic acids is 1. The Kier molecular flexibility index (Phi) is 3.98. The Morgan fingerprint density at radius 2 is 2.22 bits per heavy atom. The van der Waals surface area contributed by atoms with Gasteiger partial charge in [0.1, 0.15) is 11.9 Å². The van der Waals surface area contributed by atoms with Gasteiger partial charge in [0.2, 0.25) is 0 Å². The normalized spacial score (nSPS) is 13.8. The molecule has 0 unspecified atom stereocenters. The highest BCUT2D eigenvalue weighted by atomic mass is 16.6. The van der Waals surface area contributed by atoms with E-state index in [0.717, 1.165) is 22.5 Å². The molecule has 2 aromatic rings. The number of carbonyl (C=O) groups is 1. The second kappa shape index (κ2) is 5.95. The molecule has 0 bridgehead atoms. The number of oxazole rings is 1. The quantitative estimate of drug-likeness (QED) is 0.938. The molecule has 23 heavy (non-hydrogen) atoms. The number of nitrogens with one attached hydrogen (secondary N) is 1. The van der Waals surface area contributed by atoms with Gasteiger partial charge in [0, 0.05) is 12.2 Å². The van der Waals surface area contributed by atoms with Crippen LogP contribution >= 0.6 is 0 Å². The van der Waals surface area contributed by atoms with Crippen molar-refractivity contribution in [2.24, 2.45) is 0 Å². The first-order valence-corrected chi connectivity index (χ1v) is 7.62. The minimum atomic E-state index is -0.486. The summed E-state index contributed by atoms with van der Waals surface area (Å²) in [5.74, 6) is 0. The van der Waals surface area contributed by atoms with Gasteiger partial charge in [-0.15, -0.1) is 0 Å². The summed E-state index contributed by atoms with van der Waals surface area (Å²) in [6.45, 7) is 7.33. The number of aromatic nitrogens is 1. The first-order valence-electron chi connectivity index (χ1n) is 7.62. The number of anilines is 1. The summed E-state index contributed by atoms with van der Waals surface area (Å²) in [6.07, 6.45) is 2.75. The summed E-state index contributed by atoms with van der Waals surface area (Å²) in [4.78, 5) is 18.1. The summed E-state index contributed by atoms with van der Waals surface area (Å²) in [5.41, 5.74) is 3.63. The standard InChI is InChI=1S/C17H21N3O3/c1-17(2,3)23-16(21)20-8-12-5-4-6-15(14(12)9-20)18-7-13-10-22-11-19-13/h4-6,10-11,18H,7-9H2,1-3H3. The van der Waals surface area contributed by atoms with Gasteiger partial charge >= 0.3 is 6.09 Å². The number of benzene rings is 1. The highest BCUT2D eigenvalue weighted by Gasteiger charge is 2.29. The molecule has 122 valence electrons. The Balaban J connectivity index is 1.69. The van der Waals surface area contributed by atoms with Crippen molar-refractivity contribution in [2.75, 3.05) is 5.32 Å². The van der Waals surface area contributed by atoms with Gasteiger partial charge in [-0.2, -0.15) is 0 Å². The molecule has 1 aliphatic heterocycles. The molecule has 2 heterocycles. The Hall–Kier alpha value is -2.50. The number of hydrogen-bond acceptors (Lipinski definition) is 5. The van der Waals surface area contributed by atoms with Crippen molar-refractivity contribution >= 4 is 11.8 Å². The fourth-order valence-corrected chi connectivity index (χ4v) is 2.55. The molecule has 0 fully saturated rings. The molecule has 1 aromatic carbocycles. The zero-order chi connectivity index (χ0) is 16.4. The lowest BCUT2D eigenvalue weighted by atomic mass is 10.1. The monoisotopic (exact) mass is 315 g/mol. The lowest BCUT2D eigenvalue weighted by molar-refractivity contribution is 0.0242. The predicted molar refractivity (Wildman–Crippen MR) is 85.8 cm³/mol. The molecule has 1 aromatic heterocycles. The smallest absolute Gasteiger partial charge is 0.410 e. The van der Waals surface area contributed by atoms with E-state index >= 15 is 0 Å². The van der Waals surface area contributed by atoms with Gasteiger partial charge in [-0.25, -0.2) is 9.78 Å². The van der Waals surface area contributed by atoms with Crippen molar-refractivity contribution < 1.29 is 13.9 Å². The fourth-order valence-electron chi connectivity index (χ4n) is 2.55. The van der Waals surface area contributed by atoms with Crippen LogP contribution in [0.1, 0.15) is 37.6 Å². The number of fused-ring (bicyclic) bond motifs is 1. The molecule has 1 amide bonds. The third-order valence-corrected chi connectivity index (χ3v) is 3.58. The van der Waals surface area contributed by atoms with Gasteiger partial charge in [-0.3, -0.25) is 4.90 Å². The van der Waals surface area contributed by atoms with E-state index in [9.17, 15) is 4.79 Å². The molecule has 1 N–H and O–H groups in total. The molecule has 0 spiro atoms. The maximum Gasteiger partial charge on any atom is 0.410 e. The van der Waals surface area contributed by atoms with E-state index in [0.29, 0.717) is 19.6 Å².